The van der Waals surface area contributed by atoms with E-state index in [1.54, 1.807) is 0 Å². The van der Waals surface area contributed by atoms with Crippen molar-refractivity contribution in [2.75, 3.05) is 20.1 Å². The van der Waals surface area contributed by atoms with E-state index in [0.29, 0.717) is 6.04 Å². The largest absolute Gasteiger partial charge is 0.376 e. The molecule has 0 bridgehead atoms. The summed E-state index contributed by atoms with van der Waals surface area (Å²) in [6.07, 6.45) is 1.67. The second kappa shape index (κ2) is 3.73. The fourth-order valence-electron chi connectivity index (χ4n) is 1.82. The molecule has 2 atom stereocenters. The molecule has 1 aliphatic rings. The average Bonchev–Trinajstić information content (AvgIpc) is 1.98. The molecule has 1 saturated heterocycles. The smallest absolute Gasteiger partial charge is 0.118 e. The second-order valence-electron chi connectivity index (χ2n) is 3.85. The van der Waals surface area contributed by atoms with Crippen molar-refractivity contribution in [2.45, 2.75) is 38.5 Å². The lowest BCUT2D eigenvalue weighted by atomic mass is 9.95. The summed E-state index contributed by atoms with van der Waals surface area (Å²) in [5.74, 6) is 0. The molecule has 1 rings (SSSR count). The predicted molar refractivity (Wildman–Crippen MR) is 50.0 cm³/mol. The molecule has 3 nitrogen and oxygen atoms in total. The van der Waals surface area contributed by atoms with Crippen molar-refractivity contribution in [3.63, 3.8) is 0 Å². The van der Waals surface area contributed by atoms with Gasteiger partial charge in [0, 0.05) is 25.4 Å². The van der Waals surface area contributed by atoms with Crippen molar-refractivity contribution >= 4 is 0 Å². The third-order valence-electron chi connectivity index (χ3n) is 2.77. The van der Waals surface area contributed by atoms with E-state index in [1.807, 2.05) is 6.92 Å². The highest BCUT2D eigenvalue weighted by atomic mass is 16.3. The standard InChI is InChI=1S/C9H20N2O/c1-4-10-9(12)5-6-11(3)8(2)7-9/h8,10,12H,4-7H2,1-3H3. The van der Waals surface area contributed by atoms with Crippen LogP contribution in [0.3, 0.4) is 0 Å². The van der Waals surface area contributed by atoms with Crippen LogP contribution in [0.15, 0.2) is 0 Å². The zero-order valence-corrected chi connectivity index (χ0v) is 8.30. The molecule has 0 radical (unpaired) electrons. The average molecular weight is 172 g/mol. The van der Waals surface area contributed by atoms with Crippen molar-refractivity contribution in [3.05, 3.63) is 0 Å². The van der Waals surface area contributed by atoms with Gasteiger partial charge in [-0.2, -0.15) is 0 Å². The Hall–Kier alpha value is -0.120. The van der Waals surface area contributed by atoms with Crippen LogP contribution in [0, 0.1) is 0 Å². The first-order chi connectivity index (χ1) is 5.57. The van der Waals surface area contributed by atoms with E-state index < -0.39 is 5.72 Å². The third-order valence-corrected chi connectivity index (χ3v) is 2.77. The SMILES string of the molecule is CCNC1(O)CCN(C)C(C)C1. The summed E-state index contributed by atoms with van der Waals surface area (Å²) in [6, 6.07) is 0.475. The van der Waals surface area contributed by atoms with Gasteiger partial charge in [0.2, 0.25) is 0 Å². The Labute approximate surface area is 74.8 Å². The lowest BCUT2D eigenvalue weighted by molar-refractivity contribution is -0.0605. The molecule has 0 amide bonds. The van der Waals surface area contributed by atoms with E-state index >= 15 is 0 Å². The molecule has 0 aromatic carbocycles. The Balaban J connectivity index is 2.48. The fraction of sp³-hybridized carbons (Fsp3) is 1.00. The normalized spacial score (nSPS) is 38.5. The highest BCUT2D eigenvalue weighted by Crippen LogP contribution is 2.22. The molecule has 72 valence electrons. The molecule has 0 aliphatic carbocycles. The van der Waals surface area contributed by atoms with E-state index in [0.717, 1.165) is 25.9 Å². The van der Waals surface area contributed by atoms with Crippen molar-refractivity contribution in [3.8, 4) is 0 Å². The monoisotopic (exact) mass is 172 g/mol. The summed E-state index contributed by atoms with van der Waals surface area (Å²) in [6.45, 7) is 6.00. The van der Waals surface area contributed by atoms with E-state index in [-0.39, 0.29) is 0 Å². The molecule has 1 fully saturated rings. The minimum absolute atomic E-state index is 0.475. The maximum absolute atomic E-state index is 10.0. The van der Waals surface area contributed by atoms with Crippen molar-refractivity contribution in [1.29, 1.82) is 0 Å². The van der Waals surface area contributed by atoms with Crippen LogP contribution in [-0.4, -0.2) is 41.9 Å². The van der Waals surface area contributed by atoms with Gasteiger partial charge in [-0.15, -0.1) is 0 Å². The second-order valence-corrected chi connectivity index (χ2v) is 3.85. The highest BCUT2D eigenvalue weighted by molar-refractivity contribution is 4.86. The van der Waals surface area contributed by atoms with Crippen LogP contribution < -0.4 is 5.32 Å². The van der Waals surface area contributed by atoms with Gasteiger partial charge in [0.25, 0.3) is 0 Å². The van der Waals surface area contributed by atoms with Gasteiger partial charge in [-0.1, -0.05) is 6.92 Å². The van der Waals surface area contributed by atoms with Crippen LogP contribution in [0.1, 0.15) is 26.7 Å². The van der Waals surface area contributed by atoms with Gasteiger partial charge in [0.1, 0.15) is 5.72 Å². The van der Waals surface area contributed by atoms with Crippen molar-refractivity contribution in [1.82, 2.24) is 10.2 Å². The van der Waals surface area contributed by atoms with Gasteiger partial charge in [-0.25, -0.2) is 0 Å². The number of hydrogen-bond donors (Lipinski definition) is 2. The van der Waals surface area contributed by atoms with Crippen molar-refractivity contribution in [2.24, 2.45) is 0 Å². The van der Waals surface area contributed by atoms with Crippen LogP contribution in [0.5, 0.6) is 0 Å². The molecule has 1 heterocycles. The summed E-state index contributed by atoms with van der Waals surface area (Å²) >= 11 is 0. The number of piperidine rings is 1. The van der Waals surface area contributed by atoms with Gasteiger partial charge in [-0.05, 0) is 20.5 Å². The number of rotatable bonds is 2. The number of nitrogens with one attached hydrogen (secondary N) is 1. The lowest BCUT2D eigenvalue weighted by Crippen LogP contribution is -2.55. The zero-order valence-electron chi connectivity index (χ0n) is 8.30. The summed E-state index contributed by atoms with van der Waals surface area (Å²) < 4.78 is 0. The molecule has 1 aliphatic heterocycles. The first-order valence-corrected chi connectivity index (χ1v) is 4.75. The fourth-order valence-corrected chi connectivity index (χ4v) is 1.82. The topological polar surface area (TPSA) is 35.5 Å². The van der Waals surface area contributed by atoms with E-state index in [2.05, 4.69) is 24.2 Å². The van der Waals surface area contributed by atoms with E-state index in [9.17, 15) is 5.11 Å². The van der Waals surface area contributed by atoms with Gasteiger partial charge in [-0.3, -0.25) is 5.32 Å². The van der Waals surface area contributed by atoms with Crippen LogP contribution in [-0.2, 0) is 0 Å². The molecule has 0 saturated carbocycles. The van der Waals surface area contributed by atoms with Gasteiger partial charge >= 0.3 is 0 Å². The maximum atomic E-state index is 10.0. The molecular formula is C9H20N2O. The lowest BCUT2D eigenvalue weighted by Gasteiger charge is -2.41. The minimum Gasteiger partial charge on any atom is -0.376 e. The minimum atomic E-state index is -0.610. The molecule has 2 N–H and O–H groups in total. The summed E-state index contributed by atoms with van der Waals surface area (Å²) in [5.41, 5.74) is -0.610. The molecular weight excluding hydrogens is 152 g/mol. The first-order valence-electron chi connectivity index (χ1n) is 4.75. The molecule has 0 aromatic rings. The van der Waals surface area contributed by atoms with Crippen LogP contribution in [0.4, 0.5) is 0 Å². The predicted octanol–water partition coefficient (Wildman–Crippen LogP) is 0.399. The number of likely N-dealkylation sites (tertiary alicyclic amines) is 1. The maximum Gasteiger partial charge on any atom is 0.118 e. The number of hydrogen-bond acceptors (Lipinski definition) is 3. The zero-order chi connectivity index (χ0) is 9.19. The van der Waals surface area contributed by atoms with Gasteiger partial charge in [0.15, 0.2) is 0 Å². The number of nitrogens with zero attached hydrogens (tertiary/aromatic N) is 1. The Morgan fingerprint density at radius 3 is 2.83 bits per heavy atom. The van der Waals surface area contributed by atoms with E-state index in [1.165, 1.54) is 0 Å². The summed E-state index contributed by atoms with van der Waals surface area (Å²) in [5, 5.41) is 13.2. The Morgan fingerprint density at radius 1 is 1.67 bits per heavy atom. The molecule has 3 heteroatoms. The first kappa shape index (κ1) is 9.96. The summed E-state index contributed by atoms with van der Waals surface area (Å²) in [7, 11) is 2.11. The third kappa shape index (κ3) is 2.19. The van der Waals surface area contributed by atoms with Gasteiger partial charge < -0.3 is 10.0 Å². The van der Waals surface area contributed by atoms with E-state index in [4.69, 9.17) is 0 Å². The summed E-state index contributed by atoms with van der Waals surface area (Å²) in [4.78, 5) is 2.28. The van der Waals surface area contributed by atoms with Crippen LogP contribution in [0.25, 0.3) is 0 Å². The van der Waals surface area contributed by atoms with Crippen LogP contribution >= 0.6 is 0 Å². The number of aliphatic hydroxyl groups is 1. The Bertz CT molecular complexity index is 151. The molecule has 2 unspecified atom stereocenters. The molecule has 12 heavy (non-hydrogen) atoms. The molecule has 0 spiro atoms. The van der Waals surface area contributed by atoms with Crippen LogP contribution in [0.2, 0.25) is 0 Å². The quantitative estimate of drug-likeness (QED) is 0.592. The van der Waals surface area contributed by atoms with Crippen molar-refractivity contribution < 1.29 is 5.11 Å². The van der Waals surface area contributed by atoms with Gasteiger partial charge in [0.05, 0.1) is 0 Å². The Kier molecular flexibility index (Phi) is 3.09. The highest BCUT2D eigenvalue weighted by Gasteiger charge is 2.33. The Morgan fingerprint density at radius 2 is 2.33 bits per heavy atom. The molecule has 0 aromatic heterocycles.